The number of hydrazone groups is 1. The van der Waals surface area contributed by atoms with Crippen LogP contribution in [0.2, 0.25) is 0 Å². The van der Waals surface area contributed by atoms with Crippen LogP contribution in [0, 0.1) is 3.57 Å². The minimum Gasteiger partial charge on any atom is -0.504 e. The highest BCUT2D eigenvalue weighted by molar-refractivity contribution is 14.1. The maximum Gasteiger partial charge on any atom is 0.307 e. The van der Waals surface area contributed by atoms with Gasteiger partial charge in [-0.15, -0.1) is 0 Å². The van der Waals surface area contributed by atoms with E-state index in [1.807, 2.05) is 40.8 Å². The average molecular weight is 436 g/mol. The minimum atomic E-state index is -0.442. The summed E-state index contributed by atoms with van der Waals surface area (Å²) in [6, 6.07) is 12.4. The maximum atomic E-state index is 12.1. The van der Waals surface area contributed by atoms with Crippen molar-refractivity contribution >= 4 is 45.7 Å². The van der Waals surface area contributed by atoms with E-state index >= 15 is 0 Å². The van der Waals surface area contributed by atoms with Gasteiger partial charge >= 0.3 is 5.91 Å². The second kappa shape index (κ2) is 6.91. The number of methoxy groups -OCH3 is 1. The Kier molecular flexibility index (Phi) is 4.70. The number of aromatic hydroxyl groups is 1. The lowest BCUT2D eigenvalue weighted by Crippen LogP contribution is -2.16. The summed E-state index contributed by atoms with van der Waals surface area (Å²) in [7, 11) is 1.47. The normalized spacial score (nSPS) is 11.1. The third-order valence-corrected chi connectivity index (χ3v) is 4.12. The Morgan fingerprint density at radius 2 is 2.12 bits per heavy atom. The van der Waals surface area contributed by atoms with Crippen LogP contribution in [0.4, 0.5) is 0 Å². The van der Waals surface area contributed by atoms with Gasteiger partial charge in [0, 0.05) is 5.39 Å². The number of fused-ring (bicyclic) bond motifs is 1. The summed E-state index contributed by atoms with van der Waals surface area (Å²) < 4.78 is 11.2. The molecule has 24 heavy (non-hydrogen) atoms. The number of amides is 1. The Balaban J connectivity index is 1.74. The Morgan fingerprint density at radius 1 is 1.33 bits per heavy atom. The number of phenols is 1. The number of ether oxygens (including phenoxy) is 1. The third-order valence-electron chi connectivity index (χ3n) is 3.30. The second-order valence-corrected chi connectivity index (χ2v) is 6.06. The van der Waals surface area contributed by atoms with Gasteiger partial charge in [-0.1, -0.05) is 18.2 Å². The van der Waals surface area contributed by atoms with Crippen LogP contribution in [0.15, 0.2) is 52.0 Å². The van der Waals surface area contributed by atoms with Crippen LogP contribution < -0.4 is 10.2 Å². The number of nitrogens with zero attached hydrogens (tertiary/aromatic N) is 1. The summed E-state index contributed by atoms with van der Waals surface area (Å²) in [5, 5.41) is 14.6. The summed E-state index contributed by atoms with van der Waals surface area (Å²) in [5.74, 6) is 0.155. The summed E-state index contributed by atoms with van der Waals surface area (Å²) in [5.41, 5.74) is 3.73. The molecular weight excluding hydrogens is 423 g/mol. The van der Waals surface area contributed by atoms with E-state index in [0.717, 1.165) is 5.39 Å². The smallest absolute Gasteiger partial charge is 0.307 e. The molecule has 2 aromatic carbocycles. The quantitative estimate of drug-likeness (QED) is 0.373. The van der Waals surface area contributed by atoms with Gasteiger partial charge in [0.15, 0.2) is 17.3 Å². The predicted octanol–water partition coefficient (Wildman–Crippen LogP) is 3.52. The lowest BCUT2D eigenvalue weighted by molar-refractivity contribution is 0.0929. The second-order valence-electron chi connectivity index (χ2n) is 4.90. The molecule has 0 radical (unpaired) electrons. The fourth-order valence-corrected chi connectivity index (χ4v) is 2.76. The van der Waals surface area contributed by atoms with Gasteiger partial charge in [-0.2, -0.15) is 5.10 Å². The van der Waals surface area contributed by atoms with Crippen molar-refractivity contribution in [3.05, 3.63) is 57.4 Å². The van der Waals surface area contributed by atoms with Crippen LogP contribution in [-0.4, -0.2) is 24.3 Å². The zero-order valence-electron chi connectivity index (χ0n) is 12.6. The zero-order chi connectivity index (χ0) is 17.1. The molecule has 1 aromatic heterocycles. The Labute approximate surface area is 151 Å². The first kappa shape index (κ1) is 16.3. The molecule has 6 nitrogen and oxygen atoms in total. The summed E-state index contributed by atoms with van der Waals surface area (Å²) in [6.07, 6.45) is 1.46. The zero-order valence-corrected chi connectivity index (χ0v) is 14.8. The highest BCUT2D eigenvalue weighted by Gasteiger charge is 2.11. The number of para-hydroxylation sites is 1. The highest BCUT2D eigenvalue weighted by Crippen LogP contribution is 2.31. The molecular formula is C17H13IN2O4. The lowest BCUT2D eigenvalue weighted by Gasteiger charge is -2.06. The minimum absolute atomic E-state index is 0.0709. The molecule has 0 saturated heterocycles. The van der Waals surface area contributed by atoms with Crippen molar-refractivity contribution in [1.29, 1.82) is 0 Å². The molecule has 0 atom stereocenters. The van der Waals surface area contributed by atoms with E-state index in [9.17, 15) is 9.90 Å². The molecule has 0 aliphatic rings. The molecule has 0 bridgehead atoms. The first-order chi connectivity index (χ1) is 11.6. The molecule has 0 saturated carbocycles. The topological polar surface area (TPSA) is 84.1 Å². The van der Waals surface area contributed by atoms with Gasteiger partial charge in [-0.05, 0) is 52.4 Å². The molecule has 2 N–H and O–H groups in total. The molecule has 7 heteroatoms. The number of furan rings is 1. The number of benzene rings is 2. The van der Waals surface area contributed by atoms with Crippen molar-refractivity contribution in [2.75, 3.05) is 7.11 Å². The Hall–Kier alpha value is -2.55. The number of hydrogen-bond acceptors (Lipinski definition) is 5. The molecule has 0 aliphatic carbocycles. The molecule has 0 unspecified atom stereocenters. The van der Waals surface area contributed by atoms with Crippen LogP contribution in [0.25, 0.3) is 11.0 Å². The number of halogens is 1. The number of carbonyl (C=O) groups is 1. The van der Waals surface area contributed by atoms with Crippen LogP contribution in [-0.2, 0) is 0 Å². The monoisotopic (exact) mass is 436 g/mol. The number of rotatable bonds is 4. The van der Waals surface area contributed by atoms with Crippen LogP contribution in [0.5, 0.6) is 11.5 Å². The van der Waals surface area contributed by atoms with E-state index in [1.54, 1.807) is 24.3 Å². The average Bonchev–Trinajstić information content (AvgIpc) is 3.02. The van der Waals surface area contributed by atoms with Crippen molar-refractivity contribution in [3.63, 3.8) is 0 Å². The van der Waals surface area contributed by atoms with Crippen molar-refractivity contribution in [2.45, 2.75) is 0 Å². The van der Waals surface area contributed by atoms with Gasteiger partial charge in [0.2, 0.25) is 0 Å². The van der Waals surface area contributed by atoms with Gasteiger partial charge in [-0.3, -0.25) is 4.79 Å². The fraction of sp³-hybridized carbons (Fsp3) is 0.0588. The predicted molar refractivity (Wildman–Crippen MR) is 98.7 cm³/mol. The number of nitrogens with one attached hydrogen (secondary N) is 1. The molecule has 3 aromatic rings. The molecule has 1 amide bonds. The Morgan fingerprint density at radius 3 is 2.88 bits per heavy atom. The van der Waals surface area contributed by atoms with Crippen LogP contribution in [0.1, 0.15) is 16.1 Å². The fourth-order valence-electron chi connectivity index (χ4n) is 2.14. The van der Waals surface area contributed by atoms with Crippen LogP contribution >= 0.6 is 22.6 Å². The highest BCUT2D eigenvalue weighted by atomic mass is 127. The van der Waals surface area contributed by atoms with E-state index in [-0.39, 0.29) is 11.5 Å². The number of hydrogen-bond donors (Lipinski definition) is 2. The largest absolute Gasteiger partial charge is 0.504 e. The van der Waals surface area contributed by atoms with E-state index in [0.29, 0.717) is 20.5 Å². The van der Waals surface area contributed by atoms with E-state index < -0.39 is 5.91 Å². The van der Waals surface area contributed by atoms with Crippen molar-refractivity contribution in [2.24, 2.45) is 5.10 Å². The summed E-state index contributed by atoms with van der Waals surface area (Å²) in [6.45, 7) is 0. The SMILES string of the molecule is COc1cc(/C=N/NC(=O)c2cc3ccccc3o2)cc(I)c1O. The van der Waals surface area contributed by atoms with Crippen LogP contribution in [0.3, 0.4) is 0 Å². The molecule has 0 spiro atoms. The van der Waals surface area contributed by atoms with Crippen molar-refractivity contribution in [1.82, 2.24) is 5.43 Å². The van der Waals surface area contributed by atoms with Gasteiger partial charge in [0.1, 0.15) is 5.58 Å². The van der Waals surface area contributed by atoms with E-state index in [1.165, 1.54) is 13.3 Å². The first-order valence-electron chi connectivity index (χ1n) is 6.97. The molecule has 3 rings (SSSR count). The molecule has 0 aliphatic heterocycles. The summed E-state index contributed by atoms with van der Waals surface area (Å²) >= 11 is 1.99. The molecule has 122 valence electrons. The van der Waals surface area contributed by atoms with Gasteiger partial charge in [0.05, 0.1) is 16.9 Å². The molecule has 1 heterocycles. The van der Waals surface area contributed by atoms with Gasteiger partial charge in [-0.25, -0.2) is 5.43 Å². The maximum absolute atomic E-state index is 12.1. The molecule has 0 fully saturated rings. The lowest BCUT2D eigenvalue weighted by atomic mass is 10.2. The van der Waals surface area contributed by atoms with Crippen molar-refractivity contribution in [3.8, 4) is 11.5 Å². The third kappa shape index (κ3) is 3.35. The number of phenolic OH excluding ortho intramolecular Hbond substituents is 1. The van der Waals surface area contributed by atoms with Crippen molar-refractivity contribution < 1.29 is 19.1 Å². The van der Waals surface area contributed by atoms with Gasteiger partial charge in [0.25, 0.3) is 0 Å². The first-order valence-corrected chi connectivity index (χ1v) is 8.05. The summed E-state index contributed by atoms with van der Waals surface area (Å²) in [4.78, 5) is 12.1. The van der Waals surface area contributed by atoms with Gasteiger partial charge < -0.3 is 14.3 Å². The van der Waals surface area contributed by atoms with E-state index in [4.69, 9.17) is 9.15 Å². The van der Waals surface area contributed by atoms with E-state index in [2.05, 4.69) is 10.5 Å². The Bertz CT molecular complexity index is 900. The number of carbonyl (C=O) groups excluding carboxylic acids is 1. The standard InChI is InChI=1S/C17H13IN2O4/c1-23-14-7-10(6-12(18)16(14)21)9-19-20-17(22)15-8-11-4-2-3-5-13(11)24-15/h2-9,21H,1H3,(H,20,22)/b19-9+.